The molecule has 1 saturated carbocycles. The highest BCUT2D eigenvalue weighted by molar-refractivity contribution is 7.88. The predicted molar refractivity (Wildman–Crippen MR) is 152 cm³/mol. The lowest BCUT2D eigenvalue weighted by molar-refractivity contribution is -0.142. The van der Waals surface area contributed by atoms with E-state index in [9.17, 15) is 18.0 Å². The molecule has 1 aliphatic heterocycles. The Hall–Kier alpha value is -3.05. The number of rotatable bonds is 8. The van der Waals surface area contributed by atoms with E-state index in [-0.39, 0.29) is 11.8 Å². The molecule has 2 amide bonds. The largest absolute Gasteiger partial charge is 0.329 e. The summed E-state index contributed by atoms with van der Waals surface area (Å²) in [6.45, 7) is 1.79. The first-order valence-electron chi connectivity index (χ1n) is 13.4. The summed E-state index contributed by atoms with van der Waals surface area (Å²) in [4.78, 5) is 40.0. The lowest BCUT2D eigenvalue weighted by Gasteiger charge is -2.50. The summed E-state index contributed by atoms with van der Waals surface area (Å²) < 4.78 is 27.3. The normalized spacial score (nSPS) is 27.2. The Morgan fingerprint density at radius 2 is 1.90 bits per heavy atom. The van der Waals surface area contributed by atoms with Gasteiger partial charge in [0.15, 0.2) is 0 Å². The first kappa shape index (κ1) is 28.5. The van der Waals surface area contributed by atoms with Crippen molar-refractivity contribution in [2.75, 3.05) is 6.26 Å². The number of pyridine rings is 1. The number of sulfonamides is 1. The van der Waals surface area contributed by atoms with E-state index in [1.54, 1.807) is 54.4 Å². The van der Waals surface area contributed by atoms with E-state index in [4.69, 9.17) is 16.4 Å². The van der Waals surface area contributed by atoms with E-state index in [1.165, 1.54) is 0 Å². The van der Waals surface area contributed by atoms with Crippen LogP contribution in [0, 0.1) is 5.92 Å². The molecule has 2 aliphatic carbocycles. The van der Waals surface area contributed by atoms with Crippen molar-refractivity contribution in [3.05, 3.63) is 88.7 Å². The molecular formula is C29H33ClN4O5S. The number of carbonyl (C=O) groups excluding carboxylic acids is 2. The van der Waals surface area contributed by atoms with Crippen molar-refractivity contribution in [2.24, 2.45) is 5.92 Å². The van der Waals surface area contributed by atoms with Gasteiger partial charge in [0.25, 0.3) is 11.8 Å². The molecule has 212 valence electrons. The number of halogens is 1. The number of carbonyl (C=O) groups is 2. The fraction of sp³-hybridized carbons (Fsp3) is 0.414. The summed E-state index contributed by atoms with van der Waals surface area (Å²) in [5, 5.41) is 0.518. The standard InChI is InChI=1S/C29H33ClN4O5S/c1-18(23-11-7-8-16-31-23)39-32-28(35)26-21-9-3-4-10-22(21)29(36)34(27(26)19-14-15-20(30)17-19)25-13-6-5-12-24(25)33-40(2,37)38/h3-4,7-11,14-19,24-27,33H,5-6,12-13H2,1-2H3,(H,32,35)/t18?,19?,24-,25-,26+,27?/m0/s1. The van der Waals surface area contributed by atoms with Crippen LogP contribution in [0.1, 0.15) is 66.2 Å². The number of hydrogen-bond acceptors (Lipinski definition) is 6. The van der Waals surface area contributed by atoms with Crippen LogP contribution in [0.2, 0.25) is 0 Å². The van der Waals surface area contributed by atoms with Gasteiger partial charge < -0.3 is 4.90 Å². The zero-order chi connectivity index (χ0) is 28.4. The average molecular weight is 585 g/mol. The highest BCUT2D eigenvalue weighted by Gasteiger charge is 2.50. The molecule has 1 fully saturated rings. The first-order chi connectivity index (χ1) is 19.1. The Balaban J connectivity index is 1.55. The van der Waals surface area contributed by atoms with Crippen LogP contribution in [-0.4, -0.2) is 54.5 Å². The Labute approximate surface area is 239 Å². The number of aromatic nitrogens is 1. The SMILES string of the molecule is CC(ONC(=O)[C@@H]1c2ccccc2C(=O)N([C@H]2CCCC[C@@H]2NS(C)(=O)=O)C1C1C=CC(Cl)=C1)c1ccccn1. The second-order valence-corrected chi connectivity index (χ2v) is 12.8. The Morgan fingerprint density at radius 3 is 2.60 bits per heavy atom. The third kappa shape index (κ3) is 6.00. The van der Waals surface area contributed by atoms with Crippen LogP contribution < -0.4 is 10.2 Å². The molecule has 2 aromatic rings. The van der Waals surface area contributed by atoms with Gasteiger partial charge in [0.2, 0.25) is 10.0 Å². The summed E-state index contributed by atoms with van der Waals surface area (Å²) in [6, 6.07) is 11.0. The average Bonchev–Trinajstić information content (AvgIpc) is 3.37. The second-order valence-electron chi connectivity index (χ2n) is 10.6. The molecule has 3 aliphatic rings. The maximum Gasteiger partial charge on any atom is 0.254 e. The molecule has 2 N–H and O–H groups in total. The number of nitrogens with one attached hydrogen (secondary N) is 2. The summed E-state index contributed by atoms with van der Waals surface area (Å²) in [5.41, 5.74) is 4.30. The fourth-order valence-electron chi connectivity index (χ4n) is 6.11. The molecule has 0 saturated heterocycles. The lowest BCUT2D eigenvalue weighted by atomic mass is 9.74. The quantitative estimate of drug-likeness (QED) is 0.454. The number of allylic oxidation sites excluding steroid dienone is 2. The third-order valence-electron chi connectivity index (χ3n) is 7.82. The molecule has 3 unspecified atom stereocenters. The summed E-state index contributed by atoms with van der Waals surface area (Å²) in [7, 11) is -3.53. The predicted octanol–water partition coefficient (Wildman–Crippen LogP) is 3.97. The zero-order valence-corrected chi connectivity index (χ0v) is 23.9. The first-order valence-corrected chi connectivity index (χ1v) is 15.7. The van der Waals surface area contributed by atoms with Gasteiger partial charge in [-0.05, 0) is 49.6 Å². The van der Waals surface area contributed by atoms with Gasteiger partial charge in [-0.25, -0.2) is 18.6 Å². The minimum absolute atomic E-state index is 0.232. The van der Waals surface area contributed by atoms with Crippen molar-refractivity contribution in [1.29, 1.82) is 0 Å². The zero-order valence-electron chi connectivity index (χ0n) is 22.4. The molecule has 40 heavy (non-hydrogen) atoms. The summed E-state index contributed by atoms with van der Waals surface area (Å²) in [5.74, 6) is -1.82. The van der Waals surface area contributed by atoms with E-state index in [0.29, 0.717) is 34.7 Å². The highest BCUT2D eigenvalue weighted by atomic mass is 35.5. The molecule has 5 rings (SSSR count). The second kappa shape index (κ2) is 11.8. The molecule has 0 radical (unpaired) electrons. The number of fused-ring (bicyclic) bond motifs is 1. The van der Waals surface area contributed by atoms with Crippen molar-refractivity contribution in [3.63, 3.8) is 0 Å². The van der Waals surface area contributed by atoms with Gasteiger partial charge in [0, 0.05) is 34.8 Å². The van der Waals surface area contributed by atoms with Gasteiger partial charge in [-0.2, -0.15) is 0 Å². The van der Waals surface area contributed by atoms with Crippen LogP contribution in [0.25, 0.3) is 0 Å². The molecule has 9 nitrogen and oxygen atoms in total. The van der Waals surface area contributed by atoms with Gasteiger partial charge in [0.05, 0.1) is 23.9 Å². The number of benzene rings is 1. The van der Waals surface area contributed by atoms with Crippen LogP contribution in [0.5, 0.6) is 0 Å². The molecular weight excluding hydrogens is 552 g/mol. The molecule has 0 spiro atoms. The Kier molecular flexibility index (Phi) is 8.42. The lowest BCUT2D eigenvalue weighted by Crippen LogP contribution is -2.63. The minimum Gasteiger partial charge on any atom is -0.329 e. The van der Waals surface area contributed by atoms with Crippen molar-refractivity contribution in [1.82, 2.24) is 20.1 Å². The van der Waals surface area contributed by atoms with E-state index in [1.807, 2.05) is 24.3 Å². The van der Waals surface area contributed by atoms with E-state index < -0.39 is 46.1 Å². The van der Waals surface area contributed by atoms with Crippen LogP contribution in [0.3, 0.4) is 0 Å². The fourth-order valence-corrected chi connectivity index (χ4v) is 7.15. The Bertz CT molecular complexity index is 1430. The number of amides is 2. The maximum absolute atomic E-state index is 14.2. The summed E-state index contributed by atoms with van der Waals surface area (Å²) >= 11 is 6.36. The summed E-state index contributed by atoms with van der Waals surface area (Å²) in [6.07, 6.45) is 10.6. The minimum atomic E-state index is -3.53. The Morgan fingerprint density at radius 1 is 1.15 bits per heavy atom. The smallest absolute Gasteiger partial charge is 0.254 e. The van der Waals surface area contributed by atoms with Gasteiger partial charge in [-0.3, -0.25) is 19.4 Å². The van der Waals surface area contributed by atoms with Crippen molar-refractivity contribution < 1.29 is 22.8 Å². The van der Waals surface area contributed by atoms with E-state index in [0.717, 1.165) is 19.1 Å². The third-order valence-corrected chi connectivity index (χ3v) is 8.81. The molecule has 0 bridgehead atoms. The number of nitrogens with zero attached hydrogens (tertiary/aromatic N) is 2. The van der Waals surface area contributed by atoms with Crippen LogP contribution in [0.15, 0.2) is 71.9 Å². The maximum atomic E-state index is 14.2. The van der Waals surface area contributed by atoms with Crippen LogP contribution >= 0.6 is 11.6 Å². The van der Waals surface area contributed by atoms with Crippen LogP contribution in [-0.2, 0) is 19.7 Å². The van der Waals surface area contributed by atoms with Gasteiger partial charge in [0.1, 0.15) is 6.10 Å². The number of hydroxylamine groups is 1. The monoisotopic (exact) mass is 584 g/mol. The van der Waals surface area contributed by atoms with Gasteiger partial charge in [-0.15, -0.1) is 0 Å². The van der Waals surface area contributed by atoms with Crippen molar-refractivity contribution >= 4 is 33.4 Å². The highest BCUT2D eigenvalue weighted by Crippen LogP contribution is 2.43. The van der Waals surface area contributed by atoms with Gasteiger partial charge in [-0.1, -0.05) is 60.9 Å². The van der Waals surface area contributed by atoms with E-state index in [2.05, 4.69) is 15.2 Å². The number of hydrogen-bond donors (Lipinski definition) is 2. The molecule has 1 aromatic carbocycles. The topological polar surface area (TPSA) is 118 Å². The molecule has 11 heteroatoms. The molecule has 2 heterocycles. The van der Waals surface area contributed by atoms with Gasteiger partial charge >= 0.3 is 0 Å². The molecule has 1 aromatic heterocycles. The van der Waals surface area contributed by atoms with Crippen molar-refractivity contribution in [3.8, 4) is 0 Å². The van der Waals surface area contributed by atoms with E-state index >= 15 is 0 Å². The molecule has 6 atom stereocenters. The van der Waals surface area contributed by atoms with Crippen LogP contribution in [0.4, 0.5) is 0 Å². The van der Waals surface area contributed by atoms with Crippen molar-refractivity contribution in [2.45, 2.75) is 62.8 Å².